The van der Waals surface area contributed by atoms with E-state index in [-0.39, 0.29) is 16.4 Å². The van der Waals surface area contributed by atoms with Crippen LogP contribution in [0.2, 0.25) is 0 Å². The van der Waals surface area contributed by atoms with Crippen LogP contribution in [0.1, 0.15) is 24.1 Å². The standard InChI is InChI=1S/C12H11Cl2F3N4/c1-11(14)5(3-2-4-6(11)13)7-8(12(15,16)17)20-10(19)21-9(7)18/h2-5H,1H3,(H4,18,19,20,21). The first-order chi connectivity index (χ1) is 9.55. The molecule has 2 atom stereocenters. The number of nitrogen functional groups attached to an aromatic ring is 2. The molecule has 1 aliphatic carbocycles. The van der Waals surface area contributed by atoms with Crippen LogP contribution in [-0.4, -0.2) is 14.8 Å². The van der Waals surface area contributed by atoms with Gasteiger partial charge in [0.25, 0.3) is 0 Å². The van der Waals surface area contributed by atoms with Crippen LogP contribution >= 0.6 is 23.2 Å². The van der Waals surface area contributed by atoms with Gasteiger partial charge in [0.05, 0.1) is 4.87 Å². The van der Waals surface area contributed by atoms with Crippen LogP contribution in [0.25, 0.3) is 0 Å². The fraction of sp³-hybridized carbons (Fsp3) is 0.333. The molecule has 21 heavy (non-hydrogen) atoms. The van der Waals surface area contributed by atoms with E-state index in [1.54, 1.807) is 0 Å². The number of hydrogen-bond donors (Lipinski definition) is 2. The molecule has 0 aromatic carbocycles. The Kier molecular flexibility index (Phi) is 3.84. The maximum atomic E-state index is 13.2. The minimum atomic E-state index is -4.74. The van der Waals surface area contributed by atoms with Crippen LogP contribution < -0.4 is 11.5 Å². The first kappa shape index (κ1) is 15.9. The Bertz CT molecular complexity index is 638. The van der Waals surface area contributed by atoms with E-state index >= 15 is 0 Å². The second kappa shape index (κ2) is 5.06. The van der Waals surface area contributed by atoms with Crippen LogP contribution in [-0.2, 0) is 6.18 Å². The average molecular weight is 339 g/mol. The Labute approximate surface area is 128 Å². The Balaban J connectivity index is 2.70. The molecule has 0 amide bonds. The van der Waals surface area contributed by atoms with Crippen molar-refractivity contribution in [1.82, 2.24) is 9.97 Å². The number of nitrogens with two attached hydrogens (primary N) is 2. The first-order valence-corrected chi connectivity index (χ1v) is 6.54. The molecule has 0 saturated carbocycles. The summed E-state index contributed by atoms with van der Waals surface area (Å²) < 4.78 is 39.6. The molecule has 0 bridgehead atoms. The van der Waals surface area contributed by atoms with Crippen molar-refractivity contribution in [3.05, 3.63) is 34.5 Å². The molecule has 0 aliphatic heterocycles. The molecule has 2 unspecified atom stereocenters. The van der Waals surface area contributed by atoms with E-state index in [0.717, 1.165) is 0 Å². The summed E-state index contributed by atoms with van der Waals surface area (Å²) >= 11 is 12.3. The summed E-state index contributed by atoms with van der Waals surface area (Å²) in [7, 11) is 0. The van der Waals surface area contributed by atoms with Gasteiger partial charge in [-0.2, -0.15) is 18.2 Å². The summed E-state index contributed by atoms with van der Waals surface area (Å²) in [6.07, 6.45) is -0.256. The summed E-state index contributed by atoms with van der Waals surface area (Å²) in [4.78, 5) is 5.59. The second-order valence-electron chi connectivity index (χ2n) is 4.68. The molecule has 1 aromatic heterocycles. The fourth-order valence-electron chi connectivity index (χ4n) is 2.14. The van der Waals surface area contributed by atoms with Crippen molar-refractivity contribution >= 4 is 35.0 Å². The summed E-state index contributed by atoms with van der Waals surface area (Å²) in [5.74, 6) is -1.86. The Morgan fingerprint density at radius 2 is 1.90 bits per heavy atom. The Hall–Kier alpha value is -1.47. The highest BCUT2D eigenvalue weighted by Gasteiger charge is 2.45. The molecule has 1 aromatic rings. The summed E-state index contributed by atoms with van der Waals surface area (Å²) in [5.41, 5.74) is 9.34. The van der Waals surface area contributed by atoms with Crippen LogP contribution in [0.3, 0.4) is 0 Å². The quantitative estimate of drug-likeness (QED) is 0.769. The van der Waals surface area contributed by atoms with Gasteiger partial charge in [0.15, 0.2) is 5.69 Å². The van der Waals surface area contributed by atoms with Gasteiger partial charge in [-0.1, -0.05) is 23.8 Å². The van der Waals surface area contributed by atoms with E-state index < -0.39 is 28.6 Å². The van der Waals surface area contributed by atoms with E-state index in [4.69, 9.17) is 34.7 Å². The third-order valence-electron chi connectivity index (χ3n) is 3.17. The number of halogens is 5. The topological polar surface area (TPSA) is 77.8 Å². The SMILES string of the molecule is CC1(Cl)C(Cl)=CC=CC1c1c(N)nc(N)nc1C(F)(F)F. The first-order valence-electron chi connectivity index (χ1n) is 5.78. The predicted octanol–water partition coefficient (Wildman–Crippen LogP) is 3.43. The van der Waals surface area contributed by atoms with E-state index in [1.165, 1.54) is 25.2 Å². The van der Waals surface area contributed by atoms with Crippen LogP contribution in [0, 0.1) is 0 Å². The van der Waals surface area contributed by atoms with Gasteiger partial charge in [-0.05, 0) is 13.0 Å². The fourth-order valence-corrected chi connectivity index (χ4v) is 2.57. The third kappa shape index (κ3) is 2.80. The van der Waals surface area contributed by atoms with Crippen molar-refractivity contribution < 1.29 is 13.2 Å². The van der Waals surface area contributed by atoms with Crippen molar-refractivity contribution in [1.29, 1.82) is 0 Å². The normalized spacial score (nSPS) is 25.8. The summed E-state index contributed by atoms with van der Waals surface area (Å²) in [5, 5.41) is 0.195. The lowest BCUT2D eigenvalue weighted by atomic mass is 9.82. The van der Waals surface area contributed by atoms with Crippen LogP contribution in [0.5, 0.6) is 0 Å². The largest absolute Gasteiger partial charge is 0.433 e. The molecular formula is C12H11Cl2F3N4. The molecule has 1 aliphatic rings. The maximum Gasteiger partial charge on any atom is 0.433 e. The number of rotatable bonds is 1. The van der Waals surface area contributed by atoms with Crippen molar-refractivity contribution in [2.24, 2.45) is 0 Å². The van der Waals surface area contributed by atoms with Gasteiger partial charge < -0.3 is 11.5 Å². The van der Waals surface area contributed by atoms with Gasteiger partial charge in [0.1, 0.15) is 5.82 Å². The number of anilines is 2. The molecule has 114 valence electrons. The summed E-state index contributed by atoms with van der Waals surface area (Å²) in [6, 6.07) is 0. The highest BCUT2D eigenvalue weighted by molar-refractivity contribution is 6.40. The molecule has 2 rings (SSSR count). The molecule has 4 N–H and O–H groups in total. The number of hydrogen-bond acceptors (Lipinski definition) is 4. The second-order valence-corrected chi connectivity index (χ2v) is 5.87. The van der Waals surface area contributed by atoms with Gasteiger partial charge >= 0.3 is 6.18 Å². The zero-order valence-corrected chi connectivity index (χ0v) is 12.3. The highest BCUT2D eigenvalue weighted by atomic mass is 35.5. The maximum absolute atomic E-state index is 13.2. The van der Waals surface area contributed by atoms with E-state index in [1.807, 2.05) is 0 Å². The van der Waals surface area contributed by atoms with Gasteiger partial charge in [-0.25, -0.2) is 4.98 Å². The van der Waals surface area contributed by atoms with E-state index in [0.29, 0.717) is 0 Å². The summed E-state index contributed by atoms with van der Waals surface area (Å²) in [6.45, 7) is 1.50. The molecule has 0 saturated heterocycles. The van der Waals surface area contributed by atoms with Crippen molar-refractivity contribution in [3.8, 4) is 0 Å². The van der Waals surface area contributed by atoms with Gasteiger partial charge in [0, 0.05) is 16.5 Å². The lowest BCUT2D eigenvalue weighted by Gasteiger charge is -2.33. The lowest BCUT2D eigenvalue weighted by molar-refractivity contribution is -0.141. The van der Waals surface area contributed by atoms with Crippen LogP contribution in [0.15, 0.2) is 23.3 Å². The molecule has 9 heteroatoms. The molecule has 0 radical (unpaired) electrons. The van der Waals surface area contributed by atoms with Gasteiger partial charge in [-0.3, -0.25) is 0 Å². The lowest BCUT2D eigenvalue weighted by Crippen LogP contribution is -2.31. The zero-order valence-electron chi connectivity index (χ0n) is 10.7. The van der Waals surface area contributed by atoms with Crippen LogP contribution in [0.4, 0.5) is 24.9 Å². The number of allylic oxidation sites excluding steroid dienone is 4. The molecule has 1 heterocycles. The molecular weight excluding hydrogens is 328 g/mol. The Morgan fingerprint density at radius 1 is 1.29 bits per heavy atom. The minimum absolute atomic E-state index is 0.195. The molecule has 0 spiro atoms. The van der Waals surface area contributed by atoms with Crippen molar-refractivity contribution in [3.63, 3.8) is 0 Å². The van der Waals surface area contributed by atoms with Gasteiger partial charge in [0.2, 0.25) is 5.95 Å². The van der Waals surface area contributed by atoms with E-state index in [2.05, 4.69) is 9.97 Å². The molecule has 0 fully saturated rings. The number of nitrogens with zero attached hydrogens (tertiary/aromatic N) is 2. The predicted molar refractivity (Wildman–Crippen MR) is 75.9 cm³/mol. The third-order valence-corrected chi connectivity index (χ3v) is 4.22. The molecule has 4 nitrogen and oxygen atoms in total. The average Bonchev–Trinajstić information content (AvgIpc) is 2.32. The van der Waals surface area contributed by atoms with Crippen molar-refractivity contribution in [2.75, 3.05) is 11.5 Å². The van der Waals surface area contributed by atoms with Gasteiger partial charge in [-0.15, -0.1) is 11.6 Å². The minimum Gasteiger partial charge on any atom is -0.383 e. The Morgan fingerprint density at radius 3 is 2.48 bits per heavy atom. The number of aromatic nitrogens is 2. The zero-order chi connectivity index (χ0) is 16.0. The number of alkyl halides is 4. The highest BCUT2D eigenvalue weighted by Crippen LogP contribution is 2.48. The monoisotopic (exact) mass is 338 g/mol. The van der Waals surface area contributed by atoms with Crippen molar-refractivity contribution in [2.45, 2.75) is 23.9 Å². The van der Waals surface area contributed by atoms with E-state index in [9.17, 15) is 13.2 Å². The smallest absolute Gasteiger partial charge is 0.383 e.